The first-order valence-corrected chi connectivity index (χ1v) is 8.28. The summed E-state index contributed by atoms with van der Waals surface area (Å²) in [4.78, 5) is 12.1. The number of nitrogens with zero attached hydrogens (tertiary/aromatic N) is 2. The van der Waals surface area contributed by atoms with Crippen LogP contribution < -0.4 is 5.43 Å². The Morgan fingerprint density at radius 2 is 2.00 bits per heavy atom. The van der Waals surface area contributed by atoms with E-state index in [-0.39, 0.29) is 5.91 Å². The van der Waals surface area contributed by atoms with E-state index in [4.69, 9.17) is 11.6 Å². The molecule has 0 bridgehead atoms. The van der Waals surface area contributed by atoms with Crippen molar-refractivity contribution in [2.45, 2.75) is 13.3 Å². The zero-order valence-corrected chi connectivity index (χ0v) is 14.4. The van der Waals surface area contributed by atoms with Gasteiger partial charge in [-0.2, -0.15) is 10.2 Å². The number of rotatable bonds is 5. The van der Waals surface area contributed by atoms with E-state index in [0.29, 0.717) is 16.4 Å². The Morgan fingerprint density at radius 3 is 2.72 bits per heavy atom. The fourth-order valence-corrected chi connectivity index (χ4v) is 2.54. The van der Waals surface area contributed by atoms with Crippen LogP contribution in [0.25, 0.3) is 11.3 Å². The molecule has 0 spiro atoms. The number of amides is 1. The average Bonchev–Trinajstić information content (AvgIpc) is 3.12. The van der Waals surface area contributed by atoms with Gasteiger partial charge in [-0.3, -0.25) is 9.89 Å². The van der Waals surface area contributed by atoms with Crippen LogP contribution in [0, 0.1) is 0 Å². The molecule has 1 heterocycles. The number of H-pyrrole nitrogens is 1. The van der Waals surface area contributed by atoms with E-state index >= 15 is 0 Å². The lowest BCUT2D eigenvalue weighted by Crippen LogP contribution is -2.18. The molecular weight excluding hydrogens is 336 g/mol. The van der Waals surface area contributed by atoms with E-state index in [1.54, 1.807) is 18.3 Å². The highest BCUT2D eigenvalue weighted by Gasteiger charge is 2.12. The maximum atomic E-state index is 12.1. The van der Waals surface area contributed by atoms with Gasteiger partial charge in [0.15, 0.2) is 0 Å². The maximum absolute atomic E-state index is 12.1. The van der Waals surface area contributed by atoms with Crippen LogP contribution in [0.4, 0.5) is 0 Å². The molecule has 0 saturated carbocycles. The minimum Gasteiger partial charge on any atom is -0.272 e. The van der Waals surface area contributed by atoms with Gasteiger partial charge in [-0.15, -0.1) is 0 Å². The van der Waals surface area contributed by atoms with Crippen LogP contribution in [0.2, 0.25) is 5.02 Å². The fraction of sp³-hybridized carbons (Fsp3) is 0.105. The van der Waals surface area contributed by atoms with Gasteiger partial charge in [0.25, 0.3) is 5.91 Å². The zero-order chi connectivity index (χ0) is 17.6. The van der Waals surface area contributed by atoms with Gasteiger partial charge in [0, 0.05) is 5.56 Å². The molecule has 0 radical (unpaired) electrons. The lowest BCUT2D eigenvalue weighted by atomic mass is 10.1. The zero-order valence-electron chi connectivity index (χ0n) is 13.7. The molecule has 2 aromatic carbocycles. The molecule has 0 aliphatic heterocycles. The summed E-state index contributed by atoms with van der Waals surface area (Å²) in [6, 6.07) is 17.0. The van der Waals surface area contributed by atoms with Gasteiger partial charge in [0.05, 0.1) is 16.9 Å². The first-order valence-electron chi connectivity index (χ1n) is 7.90. The van der Waals surface area contributed by atoms with Gasteiger partial charge in [-0.25, -0.2) is 5.43 Å². The predicted octanol–water partition coefficient (Wildman–Crippen LogP) is 4.06. The third kappa shape index (κ3) is 4.14. The van der Waals surface area contributed by atoms with Gasteiger partial charge in [-0.1, -0.05) is 61.0 Å². The second-order valence-corrected chi connectivity index (χ2v) is 5.85. The third-order valence-corrected chi connectivity index (χ3v) is 4.07. The van der Waals surface area contributed by atoms with Crippen LogP contribution in [0.3, 0.4) is 0 Å². The lowest BCUT2D eigenvalue weighted by molar-refractivity contribution is 0.0950. The second kappa shape index (κ2) is 7.77. The summed E-state index contributed by atoms with van der Waals surface area (Å²) < 4.78 is 0. The first kappa shape index (κ1) is 16.9. The molecule has 0 aliphatic carbocycles. The normalized spacial score (nSPS) is 11.0. The average molecular weight is 353 g/mol. The van der Waals surface area contributed by atoms with Crippen molar-refractivity contribution in [2.75, 3.05) is 0 Å². The second-order valence-electron chi connectivity index (χ2n) is 5.44. The Kier molecular flexibility index (Phi) is 5.26. The molecule has 3 rings (SSSR count). The number of aromatic amines is 1. The van der Waals surface area contributed by atoms with Gasteiger partial charge in [0.2, 0.25) is 0 Å². The van der Waals surface area contributed by atoms with Gasteiger partial charge >= 0.3 is 0 Å². The number of carbonyl (C=O) groups is 1. The van der Waals surface area contributed by atoms with Crippen molar-refractivity contribution in [3.05, 3.63) is 76.4 Å². The maximum Gasteiger partial charge on any atom is 0.289 e. The number of carbonyl (C=O) groups excluding carboxylic acids is 1. The molecule has 0 aliphatic rings. The highest BCUT2D eigenvalue weighted by atomic mass is 35.5. The standard InChI is InChI=1S/C19H17ClN4O/c1-2-13-7-9-14(10-8-13)12-21-24-19(25)18-11-17(22-23-18)15-5-3-4-6-16(15)20/h3-12H,2H2,1H3,(H,22,23)(H,24,25)/b21-12-. The number of benzene rings is 2. The van der Waals surface area contributed by atoms with Crippen LogP contribution in [0.5, 0.6) is 0 Å². The smallest absolute Gasteiger partial charge is 0.272 e. The Morgan fingerprint density at radius 1 is 1.24 bits per heavy atom. The summed E-state index contributed by atoms with van der Waals surface area (Å²) in [5.41, 5.74) is 6.34. The monoisotopic (exact) mass is 352 g/mol. The van der Waals surface area contributed by atoms with E-state index in [0.717, 1.165) is 17.5 Å². The predicted molar refractivity (Wildman–Crippen MR) is 99.9 cm³/mol. The highest BCUT2D eigenvalue weighted by molar-refractivity contribution is 6.33. The molecule has 25 heavy (non-hydrogen) atoms. The van der Waals surface area contributed by atoms with Crippen molar-refractivity contribution in [2.24, 2.45) is 5.10 Å². The minimum atomic E-state index is -0.368. The van der Waals surface area contributed by atoms with Crippen LogP contribution in [0.1, 0.15) is 28.5 Å². The minimum absolute atomic E-state index is 0.313. The Labute approximate surface area is 150 Å². The van der Waals surface area contributed by atoms with Crippen LogP contribution in [0.15, 0.2) is 59.7 Å². The number of nitrogens with one attached hydrogen (secondary N) is 2. The van der Waals surface area contributed by atoms with Crippen molar-refractivity contribution in [1.82, 2.24) is 15.6 Å². The summed E-state index contributed by atoms with van der Waals surface area (Å²) in [6.45, 7) is 2.10. The van der Waals surface area contributed by atoms with E-state index < -0.39 is 0 Å². The summed E-state index contributed by atoms with van der Waals surface area (Å²) in [5.74, 6) is -0.368. The summed E-state index contributed by atoms with van der Waals surface area (Å²) in [7, 11) is 0. The Hall–Kier alpha value is -2.92. The first-order chi connectivity index (χ1) is 12.2. The topological polar surface area (TPSA) is 70.1 Å². The van der Waals surface area contributed by atoms with Crippen molar-refractivity contribution in [3.63, 3.8) is 0 Å². The molecular formula is C19H17ClN4O. The summed E-state index contributed by atoms with van der Waals surface area (Å²) >= 11 is 6.14. The number of hydrazone groups is 1. The van der Waals surface area contributed by atoms with Crippen molar-refractivity contribution >= 4 is 23.7 Å². The fourth-order valence-electron chi connectivity index (χ4n) is 2.31. The molecule has 2 N–H and O–H groups in total. The molecule has 0 fully saturated rings. The summed E-state index contributed by atoms with van der Waals surface area (Å²) in [5, 5.41) is 11.4. The van der Waals surface area contributed by atoms with Crippen molar-refractivity contribution in [3.8, 4) is 11.3 Å². The third-order valence-electron chi connectivity index (χ3n) is 3.74. The largest absolute Gasteiger partial charge is 0.289 e. The molecule has 5 nitrogen and oxygen atoms in total. The number of hydrogen-bond donors (Lipinski definition) is 2. The molecule has 3 aromatic rings. The van der Waals surface area contributed by atoms with Crippen molar-refractivity contribution in [1.29, 1.82) is 0 Å². The number of aryl methyl sites for hydroxylation is 1. The van der Waals surface area contributed by atoms with Crippen LogP contribution in [-0.2, 0) is 6.42 Å². The van der Waals surface area contributed by atoms with Crippen LogP contribution >= 0.6 is 11.6 Å². The lowest BCUT2D eigenvalue weighted by Gasteiger charge is -1.98. The van der Waals surface area contributed by atoms with E-state index in [2.05, 4.69) is 27.6 Å². The number of aromatic nitrogens is 2. The van der Waals surface area contributed by atoms with E-state index in [9.17, 15) is 4.79 Å². The summed E-state index contributed by atoms with van der Waals surface area (Å²) in [6.07, 6.45) is 2.59. The van der Waals surface area contributed by atoms with Crippen LogP contribution in [-0.4, -0.2) is 22.3 Å². The number of hydrogen-bond acceptors (Lipinski definition) is 3. The van der Waals surface area contributed by atoms with E-state index in [1.807, 2.05) is 42.5 Å². The van der Waals surface area contributed by atoms with Gasteiger partial charge in [0.1, 0.15) is 5.69 Å². The van der Waals surface area contributed by atoms with Crippen molar-refractivity contribution < 1.29 is 4.79 Å². The molecule has 0 unspecified atom stereocenters. The molecule has 6 heteroatoms. The van der Waals surface area contributed by atoms with Gasteiger partial charge in [-0.05, 0) is 29.7 Å². The number of halogens is 1. The molecule has 0 saturated heterocycles. The quantitative estimate of drug-likeness (QED) is 0.537. The molecule has 0 atom stereocenters. The molecule has 126 valence electrons. The molecule has 1 amide bonds. The SMILES string of the molecule is CCc1ccc(/C=N\NC(=O)c2cc(-c3ccccc3Cl)n[nH]2)cc1. The highest BCUT2D eigenvalue weighted by Crippen LogP contribution is 2.26. The molecule has 1 aromatic heterocycles. The Balaban J connectivity index is 1.65. The van der Waals surface area contributed by atoms with E-state index in [1.165, 1.54) is 5.56 Å². The van der Waals surface area contributed by atoms with Gasteiger partial charge < -0.3 is 0 Å². The Bertz CT molecular complexity index is 900.